The lowest BCUT2D eigenvalue weighted by atomic mass is 9.86. The van der Waals surface area contributed by atoms with E-state index in [-0.39, 0.29) is 12.0 Å². The molecular formula is C30H47NO3Si. The summed E-state index contributed by atoms with van der Waals surface area (Å²) in [5.74, 6) is 1.66. The maximum Gasteiger partial charge on any atom is 0.419 e. The molecule has 35 heavy (non-hydrogen) atoms. The first-order valence-electron chi connectivity index (χ1n) is 13.5. The van der Waals surface area contributed by atoms with Crippen molar-refractivity contribution in [1.29, 1.82) is 0 Å². The second-order valence-electron chi connectivity index (χ2n) is 12.5. The third kappa shape index (κ3) is 5.25. The Kier molecular flexibility index (Phi) is 8.00. The largest absolute Gasteiger partial charge is 0.546 e. The van der Waals surface area contributed by atoms with Crippen LogP contribution in [0.5, 0.6) is 0 Å². The molecule has 0 bridgehead atoms. The van der Waals surface area contributed by atoms with Gasteiger partial charge in [0.15, 0.2) is 0 Å². The zero-order valence-corrected chi connectivity index (χ0v) is 24.9. The van der Waals surface area contributed by atoms with Crippen molar-refractivity contribution in [3.63, 3.8) is 0 Å². The fourth-order valence-corrected chi connectivity index (χ4v) is 11.6. The molecule has 1 aromatic heterocycles. The van der Waals surface area contributed by atoms with Crippen LogP contribution >= 0.6 is 0 Å². The third-order valence-electron chi connectivity index (χ3n) is 7.63. The Morgan fingerprint density at radius 2 is 1.51 bits per heavy atom. The fraction of sp³-hybridized carbons (Fsp3) is 0.633. The summed E-state index contributed by atoms with van der Waals surface area (Å²) in [6.07, 6.45) is 3.65. The summed E-state index contributed by atoms with van der Waals surface area (Å²) in [4.78, 5) is 13.5. The molecule has 5 heteroatoms. The van der Waals surface area contributed by atoms with E-state index in [1.165, 1.54) is 5.56 Å². The molecule has 3 rings (SSSR count). The number of fused-ring (bicyclic) bond motifs is 3. The van der Waals surface area contributed by atoms with Crippen molar-refractivity contribution in [1.82, 2.24) is 4.57 Å². The molecule has 1 aliphatic rings. The van der Waals surface area contributed by atoms with Gasteiger partial charge in [-0.3, -0.25) is 0 Å². The third-order valence-corrected chi connectivity index (χ3v) is 13.7. The van der Waals surface area contributed by atoms with Crippen molar-refractivity contribution in [2.45, 2.75) is 117 Å². The molecule has 0 aliphatic heterocycles. The topological polar surface area (TPSA) is 40.5 Å². The summed E-state index contributed by atoms with van der Waals surface area (Å²) in [7, 11) is -2.07. The predicted molar refractivity (Wildman–Crippen MR) is 150 cm³/mol. The lowest BCUT2D eigenvalue weighted by molar-refractivity contribution is 0.0540. The Morgan fingerprint density at radius 1 is 0.943 bits per heavy atom. The van der Waals surface area contributed by atoms with Gasteiger partial charge in [-0.15, -0.1) is 0 Å². The highest BCUT2D eigenvalue weighted by Gasteiger charge is 2.47. The average molecular weight is 498 g/mol. The lowest BCUT2D eigenvalue weighted by Gasteiger charge is -2.43. The minimum atomic E-state index is -2.07. The van der Waals surface area contributed by atoms with Crippen molar-refractivity contribution in [2.24, 2.45) is 5.92 Å². The number of ether oxygens (including phenoxy) is 1. The number of nitrogens with zero attached hydrogens (tertiary/aromatic N) is 1. The van der Waals surface area contributed by atoms with Gasteiger partial charge in [-0.25, -0.2) is 9.36 Å². The SMILES string of the molecule is CC(C)C1C=C(O[Si](C(C)C)(C(C)C)C(C)C)CCc2c1c1ccccc1n2C(=O)OC(C)(C)C. The number of carbonyl (C=O) groups excluding carboxylic acids is 1. The van der Waals surface area contributed by atoms with Gasteiger partial charge < -0.3 is 9.16 Å². The number of hydrogen-bond acceptors (Lipinski definition) is 3. The van der Waals surface area contributed by atoms with Crippen LogP contribution in [0.4, 0.5) is 4.79 Å². The van der Waals surface area contributed by atoms with Crippen molar-refractivity contribution in [2.75, 3.05) is 0 Å². The maximum absolute atomic E-state index is 13.5. The Bertz CT molecular complexity index is 1060. The van der Waals surface area contributed by atoms with Gasteiger partial charge in [-0.05, 0) is 67.4 Å². The zero-order valence-electron chi connectivity index (χ0n) is 23.9. The highest BCUT2D eigenvalue weighted by atomic mass is 28.4. The van der Waals surface area contributed by atoms with Crippen LogP contribution in [0.1, 0.15) is 99.8 Å². The Labute approximate surface area is 214 Å². The van der Waals surface area contributed by atoms with Gasteiger partial charge in [0.05, 0.1) is 11.3 Å². The standard InChI is InChI=1S/C30H47NO3Si/c1-19(2)25-18-23(34-35(20(3)4,21(5)6)22(7)8)16-17-27-28(25)24-14-12-13-15-26(24)31(27)29(32)33-30(9,10)11/h12-15,18-22,25H,16-17H2,1-11H3. The predicted octanol–water partition coefficient (Wildman–Crippen LogP) is 9.19. The summed E-state index contributed by atoms with van der Waals surface area (Å²) < 4.78 is 14.9. The first kappa shape index (κ1) is 27.6. The van der Waals surface area contributed by atoms with Crippen molar-refractivity contribution in [3.05, 3.63) is 47.4 Å². The molecule has 2 aromatic rings. The summed E-state index contributed by atoms with van der Waals surface area (Å²) in [6, 6.07) is 8.27. The summed E-state index contributed by atoms with van der Waals surface area (Å²) in [5, 5.41) is 1.14. The van der Waals surface area contributed by atoms with E-state index in [9.17, 15) is 4.79 Å². The van der Waals surface area contributed by atoms with Crippen LogP contribution in [-0.4, -0.2) is 24.6 Å². The molecule has 0 saturated heterocycles. The molecule has 0 saturated carbocycles. The molecule has 194 valence electrons. The highest BCUT2D eigenvalue weighted by Crippen LogP contribution is 2.46. The molecule has 0 radical (unpaired) electrons. The second kappa shape index (κ2) is 10.2. The van der Waals surface area contributed by atoms with E-state index in [4.69, 9.17) is 9.16 Å². The number of allylic oxidation sites excluding steroid dienone is 2. The van der Waals surface area contributed by atoms with Crippen LogP contribution in [0, 0.1) is 5.92 Å². The molecular weight excluding hydrogens is 450 g/mol. The summed E-state index contributed by atoms with van der Waals surface area (Å²) >= 11 is 0. The van der Waals surface area contributed by atoms with Crippen LogP contribution < -0.4 is 0 Å². The van der Waals surface area contributed by atoms with Crippen molar-refractivity contribution in [3.8, 4) is 0 Å². The molecule has 0 fully saturated rings. The van der Waals surface area contributed by atoms with E-state index in [1.807, 2.05) is 37.5 Å². The van der Waals surface area contributed by atoms with Gasteiger partial charge in [-0.1, -0.05) is 73.6 Å². The van der Waals surface area contributed by atoms with Gasteiger partial charge in [0.25, 0.3) is 8.32 Å². The van der Waals surface area contributed by atoms with E-state index in [2.05, 4.69) is 73.6 Å². The van der Waals surface area contributed by atoms with Crippen LogP contribution in [-0.2, 0) is 15.6 Å². The first-order chi connectivity index (χ1) is 16.2. The summed E-state index contributed by atoms with van der Waals surface area (Å²) in [6.45, 7) is 24.3. The van der Waals surface area contributed by atoms with Crippen LogP contribution in [0.25, 0.3) is 10.9 Å². The van der Waals surface area contributed by atoms with E-state index in [0.717, 1.165) is 35.2 Å². The van der Waals surface area contributed by atoms with Crippen LogP contribution in [0.2, 0.25) is 16.6 Å². The number of hydrogen-bond donors (Lipinski definition) is 0. The Hall–Kier alpha value is -2.01. The number of rotatable bonds is 6. The van der Waals surface area contributed by atoms with Crippen LogP contribution in [0.15, 0.2) is 36.1 Å². The van der Waals surface area contributed by atoms with E-state index < -0.39 is 13.9 Å². The van der Waals surface area contributed by atoms with Gasteiger partial charge in [-0.2, -0.15) is 0 Å². The molecule has 1 unspecified atom stereocenters. The van der Waals surface area contributed by atoms with E-state index in [0.29, 0.717) is 22.5 Å². The fourth-order valence-electron chi connectivity index (χ4n) is 6.25. The minimum absolute atomic E-state index is 0.175. The first-order valence-corrected chi connectivity index (χ1v) is 15.6. The molecule has 1 aromatic carbocycles. The van der Waals surface area contributed by atoms with Gasteiger partial charge in [0.2, 0.25) is 0 Å². The molecule has 1 atom stereocenters. The van der Waals surface area contributed by atoms with Gasteiger partial charge in [0.1, 0.15) is 5.60 Å². The monoisotopic (exact) mass is 497 g/mol. The lowest BCUT2D eigenvalue weighted by Crippen LogP contribution is -2.47. The molecule has 0 N–H and O–H groups in total. The van der Waals surface area contributed by atoms with Crippen molar-refractivity contribution < 1.29 is 14.0 Å². The van der Waals surface area contributed by atoms with Gasteiger partial charge in [0, 0.05) is 23.4 Å². The molecule has 1 heterocycles. The molecule has 1 aliphatic carbocycles. The van der Waals surface area contributed by atoms with Crippen LogP contribution in [0.3, 0.4) is 0 Å². The number of benzene rings is 1. The normalized spacial score (nSPS) is 17.2. The number of aromatic nitrogens is 1. The number of para-hydroxylation sites is 1. The maximum atomic E-state index is 13.5. The quantitative estimate of drug-likeness (QED) is 0.373. The molecule has 0 amide bonds. The van der Waals surface area contributed by atoms with E-state index in [1.54, 1.807) is 0 Å². The highest BCUT2D eigenvalue weighted by molar-refractivity contribution is 6.77. The zero-order chi connectivity index (χ0) is 26.3. The Balaban J connectivity index is 2.17. The average Bonchev–Trinajstić information content (AvgIpc) is 2.93. The smallest absolute Gasteiger partial charge is 0.419 e. The number of carbonyl (C=O) groups is 1. The molecule has 0 spiro atoms. The van der Waals surface area contributed by atoms with Gasteiger partial charge >= 0.3 is 6.09 Å². The minimum Gasteiger partial charge on any atom is -0.546 e. The summed E-state index contributed by atoms with van der Waals surface area (Å²) in [5.41, 5.74) is 4.26. The molecule has 4 nitrogen and oxygen atoms in total. The van der Waals surface area contributed by atoms with Crippen molar-refractivity contribution >= 4 is 25.3 Å². The van der Waals surface area contributed by atoms with E-state index >= 15 is 0 Å². The Morgan fingerprint density at radius 3 is 2.03 bits per heavy atom. The second-order valence-corrected chi connectivity index (χ2v) is 17.9.